The lowest BCUT2D eigenvalue weighted by Crippen LogP contribution is -2.36. The molecule has 1 aliphatic heterocycles. The number of benzene rings is 2. The van der Waals surface area contributed by atoms with Gasteiger partial charge in [0.2, 0.25) is 0 Å². The summed E-state index contributed by atoms with van der Waals surface area (Å²) in [4.78, 5) is 0.378. The smallest absolute Gasteiger partial charge is 0.264 e. The fourth-order valence-electron chi connectivity index (χ4n) is 2.97. The lowest BCUT2D eigenvalue weighted by molar-refractivity contribution is 0.586. The van der Waals surface area contributed by atoms with Gasteiger partial charge in [-0.1, -0.05) is 18.2 Å². The van der Waals surface area contributed by atoms with E-state index in [0.29, 0.717) is 22.8 Å². The van der Waals surface area contributed by atoms with Gasteiger partial charge in [-0.25, -0.2) is 8.42 Å². The van der Waals surface area contributed by atoms with Crippen molar-refractivity contribution < 1.29 is 8.42 Å². The van der Waals surface area contributed by atoms with E-state index in [4.69, 9.17) is 5.73 Å². The van der Waals surface area contributed by atoms with Crippen LogP contribution in [0.3, 0.4) is 0 Å². The van der Waals surface area contributed by atoms with Crippen LogP contribution in [0, 0.1) is 13.8 Å². The van der Waals surface area contributed by atoms with E-state index in [0.717, 1.165) is 29.5 Å². The molecule has 0 atom stereocenters. The van der Waals surface area contributed by atoms with E-state index in [-0.39, 0.29) is 12.4 Å². The SMILES string of the molecule is Cc1ccc(C)c(S(=O)(=O)N2CCCc3c(N)cccc32)c1.Cl. The molecule has 1 aliphatic rings. The molecule has 1 heterocycles. The Morgan fingerprint density at radius 1 is 1.13 bits per heavy atom. The highest BCUT2D eigenvalue weighted by atomic mass is 35.5. The van der Waals surface area contributed by atoms with Crippen LogP contribution in [0.5, 0.6) is 0 Å². The van der Waals surface area contributed by atoms with E-state index in [9.17, 15) is 8.42 Å². The number of nitrogen functional groups attached to an aromatic ring is 1. The van der Waals surface area contributed by atoms with Crippen molar-refractivity contribution in [1.29, 1.82) is 0 Å². The minimum atomic E-state index is -3.57. The van der Waals surface area contributed by atoms with E-state index in [1.807, 2.05) is 44.2 Å². The van der Waals surface area contributed by atoms with Crippen molar-refractivity contribution in [3.63, 3.8) is 0 Å². The minimum Gasteiger partial charge on any atom is -0.398 e. The van der Waals surface area contributed by atoms with Crippen LogP contribution in [0.4, 0.5) is 11.4 Å². The zero-order chi connectivity index (χ0) is 15.9. The van der Waals surface area contributed by atoms with Crippen molar-refractivity contribution in [3.8, 4) is 0 Å². The molecule has 124 valence electrons. The highest BCUT2D eigenvalue weighted by molar-refractivity contribution is 7.92. The summed E-state index contributed by atoms with van der Waals surface area (Å²) in [6.07, 6.45) is 1.60. The molecule has 0 amide bonds. The highest BCUT2D eigenvalue weighted by Gasteiger charge is 2.30. The topological polar surface area (TPSA) is 63.4 Å². The summed E-state index contributed by atoms with van der Waals surface area (Å²) in [5.74, 6) is 0. The quantitative estimate of drug-likeness (QED) is 0.842. The number of hydrogen-bond donors (Lipinski definition) is 1. The van der Waals surface area contributed by atoms with Gasteiger partial charge in [0.15, 0.2) is 0 Å². The molecule has 0 radical (unpaired) electrons. The summed E-state index contributed by atoms with van der Waals surface area (Å²) < 4.78 is 27.7. The van der Waals surface area contributed by atoms with E-state index in [2.05, 4.69) is 0 Å². The fourth-order valence-corrected chi connectivity index (χ4v) is 4.82. The van der Waals surface area contributed by atoms with Crippen molar-refractivity contribution in [2.24, 2.45) is 0 Å². The number of fused-ring (bicyclic) bond motifs is 1. The van der Waals surface area contributed by atoms with Gasteiger partial charge in [-0.2, -0.15) is 0 Å². The average molecular weight is 353 g/mol. The summed E-state index contributed by atoms with van der Waals surface area (Å²) in [6.45, 7) is 4.23. The summed E-state index contributed by atoms with van der Waals surface area (Å²) in [5.41, 5.74) is 10.0. The minimum absolute atomic E-state index is 0. The first kappa shape index (κ1) is 17.6. The zero-order valence-corrected chi connectivity index (χ0v) is 14.9. The fraction of sp³-hybridized carbons (Fsp3) is 0.294. The Kier molecular flexibility index (Phi) is 4.92. The Labute approximate surface area is 143 Å². The Balaban J connectivity index is 0.00000192. The molecule has 0 saturated heterocycles. The number of aryl methyl sites for hydroxylation is 2. The first-order valence-corrected chi connectivity index (χ1v) is 8.82. The second kappa shape index (κ2) is 6.42. The summed E-state index contributed by atoms with van der Waals surface area (Å²) in [5, 5.41) is 0. The van der Waals surface area contributed by atoms with Crippen molar-refractivity contribution in [3.05, 3.63) is 53.1 Å². The summed E-state index contributed by atoms with van der Waals surface area (Å²) in [7, 11) is -3.57. The third kappa shape index (κ3) is 3.03. The number of anilines is 2. The number of hydrogen-bond acceptors (Lipinski definition) is 3. The van der Waals surface area contributed by atoms with Crippen LogP contribution in [0.15, 0.2) is 41.3 Å². The van der Waals surface area contributed by atoms with Crippen LogP contribution in [-0.2, 0) is 16.4 Å². The van der Waals surface area contributed by atoms with Crippen LogP contribution in [0.2, 0.25) is 0 Å². The summed E-state index contributed by atoms with van der Waals surface area (Å²) in [6, 6.07) is 11.0. The predicted molar refractivity (Wildman–Crippen MR) is 96.9 cm³/mol. The molecule has 2 aromatic carbocycles. The average Bonchev–Trinajstić information content (AvgIpc) is 2.49. The second-order valence-corrected chi connectivity index (χ2v) is 7.63. The van der Waals surface area contributed by atoms with Gasteiger partial charge in [0, 0.05) is 12.2 Å². The van der Waals surface area contributed by atoms with Gasteiger partial charge < -0.3 is 5.73 Å². The number of halogens is 1. The predicted octanol–water partition coefficient (Wildman–Crippen LogP) is 3.45. The standard InChI is InChI=1S/C17H20N2O2S.ClH/c1-12-8-9-13(2)17(11-12)22(20,21)19-10-4-5-14-15(18)6-3-7-16(14)19;/h3,6-9,11H,4-5,10,18H2,1-2H3;1H. The van der Waals surface area contributed by atoms with E-state index in [1.165, 1.54) is 4.31 Å². The maximum Gasteiger partial charge on any atom is 0.264 e. The van der Waals surface area contributed by atoms with Gasteiger partial charge >= 0.3 is 0 Å². The first-order valence-electron chi connectivity index (χ1n) is 7.38. The molecule has 23 heavy (non-hydrogen) atoms. The molecular weight excluding hydrogens is 332 g/mol. The maximum absolute atomic E-state index is 13.1. The Bertz CT molecular complexity index is 834. The van der Waals surface area contributed by atoms with Gasteiger partial charge in [-0.3, -0.25) is 4.31 Å². The van der Waals surface area contributed by atoms with Gasteiger partial charge in [0.25, 0.3) is 10.0 Å². The number of nitrogens with two attached hydrogens (primary N) is 1. The van der Waals surface area contributed by atoms with E-state index >= 15 is 0 Å². The van der Waals surface area contributed by atoms with Crippen LogP contribution in [-0.4, -0.2) is 15.0 Å². The molecule has 0 aromatic heterocycles. The lowest BCUT2D eigenvalue weighted by Gasteiger charge is -2.31. The van der Waals surface area contributed by atoms with Crippen molar-refractivity contribution >= 4 is 33.8 Å². The molecule has 0 fully saturated rings. The lowest BCUT2D eigenvalue weighted by atomic mass is 10.0. The van der Waals surface area contributed by atoms with Gasteiger partial charge in [-0.15, -0.1) is 12.4 Å². The van der Waals surface area contributed by atoms with Gasteiger partial charge in [0.1, 0.15) is 0 Å². The Morgan fingerprint density at radius 3 is 2.61 bits per heavy atom. The molecule has 2 aromatic rings. The molecule has 0 aliphatic carbocycles. The molecule has 6 heteroatoms. The molecular formula is C17H21ClN2O2S. The van der Waals surface area contributed by atoms with Gasteiger partial charge in [-0.05, 0) is 61.6 Å². The largest absolute Gasteiger partial charge is 0.398 e. The van der Waals surface area contributed by atoms with Crippen LogP contribution < -0.4 is 10.0 Å². The molecule has 2 N–H and O–H groups in total. The summed E-state index contributed by atoms with van der Waals surface area (Å²) >= 11 is 0. The molecule has 3 rings (SSSR count). The maximum atomic E-state index is 13.1. The zero-order valence-electron chi connectivity index (χ0n) is 13.2. The van der Waals surface area contributed by atoms with Crippen LogP contribution in [0.1, 0.15) is 23.1 Å². The number of rotatable bonds is 2. The van der Waals surface area contributed by atoms with Crippen molar-refractivity contribution in [1.82, 2.24) is 0 Å². The molecule has 0 bridgehead atoms. The highest BCUT2D eigenvalue weighted by Crippen LogP contribution is 2.35. The van der Waals surface area contributed by atoms with Crippen molar-refractivity contribution in [2.75, 3.05) is 16.6 Å². The third-order valence-corrected chi connectivity index (χ3v) is 6.11. The third-order valence-electron chi connectivity index (χ3n) is 4.16. The second-order valence-electron chi connectivity index (χ2n) is 5.79. The first-order chi connectivity index (χ1) is 10.4. The van der Waals surface area contributed by atoms with Crippen molar-refractivity contribution in [2.45, 2.75) is 31.6 Å². The monoisotopic (exact) mass is 352 g/mol. The molecule has 4 nitrogen and oxygen atoms in total. The Morgan fingerprint density at radius 2 is 1.87 bits per heavy atom. The molecule has 0 spiro atoms. The van der Waals surface area contributed by atoms with E-state index < -0.39 is 10.0 Å². The van der Waals surface area contributed by atoms with Gasteiger partial charge in [0.05, 0.1) is 10.6 Å². The number of sulfonamides is 1. The molecule has 0 saturated carbocycles. The van der Waals surface area contributed by atoms with Crippen LogP contribution in [0.25, 0.3) is 0 Å². The normalized spacial score (nSPS) is 14.1. The molecule has 0 unspecified atom stereocenters. The van der Waals surface area contributed by atoms with Crippen LogP contribution >= 0.6 is 12.4 Å². The number of nitrogens with zero attached hydrogens (tertiary/aromatic N) is 1. The van der Waals surface area contributed by atoms with E-state index in [1.54, 1.807) is 6.07 Å². The Hall–Kier alpha value is -1.72.